The molecule has 0 saturated heterocycles. The molecule has 0 amide bonds. The maximum absolute atomic E-state index is 6.59. The fraction of sp³-hybridized carbons (Fsp3) is 0.116. The molecule has 216 valence electrons. The average molecular weight is 598 g/mol. The number of halogens is 1. The highest BCUT2D eigenvalue weighted by Gasteiger charge is 2.48. The molecule has 1 aliphatic carbocycles. The molecule has 45 heavy (non-hydrogen) atoms. The summed E-state index contributed by atoms with van der Waals surface area (Å²) >= 11 is 6.59. The minimum absolute atomic E-state index is 0.199. The lowest BCUT2D eigenvalue weighted by Gasteiger charge is -2.31. The fourth-order valence-electron chi connectivity index (χ4n) is 8.37. The maximum Gasteiger partial charge on any atom is 0.0577 e. The first-order valence-corrected chi connectivity index (χ1v) is 16.2. The first kappa shape index (κ1) is 26.5. The number of nitrogens with zero attached hydrogens (tertiary/aromatic N) is 1. The first-order valence-electron chi connectivity index (χ1n) is 15.8. The van der Waals surface area contributed by atoms with Gasteiger partial charge in [-0.05, 0) is 106 Å². The number of anilines is 2. The molecule has 0 saturated carbocycles. The van der Waals surface area contributed by atoms with E-state index in [0.717, 1.165) is 5.02 Å². The smallest absolute Gasteiger partial charge is 0.0577 e. The zero-order valence-electron chi connectivity index (χ0n) is 25.6. The van der Waals surface area contributed by atoms with Gasteiger partial charge in [0, 0.05) is 32.8 Å². The number of rotatable bonds is 3. The van der Waals surface area contributed by atoms with E-state index in [0.29, 0.717) is 0 Å². The normalized spacial score (nSPS) is 19.8. The Hall–Kier alpha value is -4.85. The monoisotopic (exact) mass is 597 g/mol. The summed E-state index contributed by atoms with van der Waals surface area (Å²) in [5.74, 6) is 0. The van der Waals surface area contributed by atoms with Crippen molar-refractivity contribution in [3.05, 3.63) is 161 Å². The summed E-state index contributed by atoms with van der Waals surface area (Å²) in [4.78, 5) is 2.61. The zero-order valence-corrected chi connectivity index (χ0v) is 26.4. The summed E-state index contributed by atoms with van der Waals surface area (Å²) < 4.78 is 0. The van der Waals surface area contributed by atoms with Gasteiger partial charge >= 0.3 is 0 Å². The largest absolute Gasteiger partial charge is 0.333 e. The van der Waals surface area contributed by atoms with Gasteiger partial charge in [0.15, 0.2) is 0 Å². The Morgan fingerprint density at radius 1 is 0.711 bits per heavy atom. The summed E-state index contributed by atoms with van der Waals surface area (Å²) in [5, 5.41) is 3.13. The number of fused-ring (bicyclic) bond motifs is 4. The van der Waals surface area contributed by atoms with Crippen LogP contribution in [0, 0.1) is 0 Å². The van der Waals surface area contributed by atoms with Crippen molar-refractivity contribution in [3.63, 3.8) is 0 Å². The van der Waals surface area contributed by atoms with Crippen molar-refractivity contribution in [3.8, 4) is 33.4 Å². The van der Waals surface area contributed by atoms with Gasteiger partial charge < -0.3 is 4.90 Å². The lowest BCUT2D eigenvalue weighted by Crippen LogP contribution is -2.25. The van der Waals surface area contributed by atoms with Gasteiger partial charge in [0.1, 0.15) is 0 Å². The summed E-state index contributed by atoms with van der Waals surface area (Å²) in [6, 6.07) is 42.8. The molecule has 6 aromatic rings. The molecule has 0 radical (unpaired) electrons. The van der Waals surface area contributed by atoms with Crippen LogP contribution < -0.4 is 4.90 Å². The van der Waals surface area contributed by atoms with Crippen molar-refractivity contribution in [2.45, 2.75) is 32.2 Å². The number of allylic oxidation sites excluding steroid dienone is 3. The highest BCUT2D eigenvalue weighted by Crippen LogP contribution is 2.65. The van der Waals surface area contributed by atoms with Gasteiger partial charge in [0.25, 0.3) is 0 Å². The van der Waals surface area contributed by atoms with Crippen molar-refractivity contribution in [1.29, 1.82) is 0 Å². The van der Waals surface area contributed by atoms with Crippen LogP contribution in [0.2, 0.25) is 5.02 Å². The Kier molecular flexibility index (Phi) is 5.65. The van der Waals surface area contributed by atoms with Gasteiger partial charge in [-0.15, -0.1) is 0 Å². The van der Waals surface area contributed by atoms with E-state index in [4.69, 9.17) is 11.6 Å². The van der Waals surface area contributed by atoms with Gasteiger partial charge in [-0.25, -0.2) is 0 Å². The molecule has 2 heterocycles. The molecule has 3 aliphatic rings. The van der Waals surface area contributed by atoms with Crippen LogP contribution in [0.4, 0.5) is 11.4 Å². The lowest BCUT2D eigenvalue weighted by atomic mass is 9.73. The van der Waals surface area contributed by atoms with E-state index in [1.165, 1.54) is 83.4 Å². The number of para-hydroxylation sites is 1. The third-order valence-electron chi connectivity index (χ3n) is 10.5. The molecule has 0 bridgehead atoms. The molecule has 0 spiro atoms. The third kappa shape index (κ3) is 3.51. The lowest BCUT2D eigenvalue weighted by molar-refractivity contribution is 0.714. The maximum atomic E-state index is 6.59. The van der Waals surface area contributed by atoms with E-state index in [1.54, 1.807) is 0 Å². The molecule has 9 rings (SSSR count). The van der Waals surface area contributed by atoms with Crippen molar-refractivity contribution in [2.24, 2.45) is 0 Å². The summed E-state index contributed by atoms with van der Waals surface area (Å²) in [6.45, 7) is 6.87. The average Bonchev–Trinajstić information content (AvgIpc) is 3.45. The fourth-order valence-corrected chi connectivity index (χ4v) is 8.54. The number of benzene rings is 6. The molecular weight excluding hydrogens is 566 g/mol. The molecule has 0 fully saturated rings. The number of hydrogen-bond donors (Lipinski definition) is 0. The minimum atomic E-state index is -0.328. The van der Waals surface area contributed by atoms with Crippen molar-refractivity contribution < 1.29 is 0 Å². The van der Waals surface area contributed by atoms with Crippen LogP contribution in [0.15, 0.2) is 133 Å². The topological polar surface area (TPSA) is 3.24 Å². The van der Waals surface area contributed by atoms with E-state index in [9.17, 15) is 0 Å². The number of hydrogen-bond acceptors (Lipinski definition) is 1. The van der Waals surface area contributed by atoms with E-state index >= 15 is 0 Å². The van der Waals surface area contributed by atoms with Crippen molar-refractivity contribution in [2.75, 3.05) is 4.90 Å². The molecule has 2 heteroatoms. The van der Waals surface area contributed by atoms with Crippen LogP contribution >= 0.6 is 11.6 Å². The zero-order chi connectivity index (χ0) is 30.4. The molecule has 2 unspecified atom stereocenters. The quantitative estimate of drug-likeness (QED) is 0.196. The van der Waals surface area contributed by atoms with Gasteiger partial charge in [0.2, 0.25) is 0 Å². The second-order valence-electron chi connectivity index (χ2n) is 12.7. The Bertz CT molecular complexity index is 2270. The second-order valence-corrected chi connectivity index (χ2v) is 13.1. The molecule has 2 aliphatic heterocycles. The van der Waals surface area contributed by atoms with Crippen molar-refractivity contribution >= 4 is 39.3 Å². The SMILES string of the molecule is C/C=C\C=C1\c2ccc3c4c2N(c2ccccc2-c2cc(-c5cccc6ccc(Cl)cc56)cc(c2-4)C3(C)c2ccccc2)C1C. The second kappa shape index (κ2) is 9.57. The minimum Gasteiger partial charge on any atom is -0.333 e. The third-order valence-corrected chi connectivity index (χ3v) is 10.7. The molecular formula is C43H32ClN. The van der Waals surface area contributed by atoms with Crippen molar-refractivity contribution in [1.82, 2.24) is 0 Å². The van der Waals surface area contributed by atoms with E-state index in [2.05, 4.69) is 153 Å². The Balaban J connectivity index is 1.46. The van der Waals surface area contributed by atoms with E-state index in [-0.39, 0.29) is 11.5 Å². The van der Waals surface area contributed by atoms with Crippen LogP contribution in [-0.2, 0) is 5.41 Å². The Labute approximate surface area is 269 Å². The summed E-state index contributed by atoms with van der Waals surface area (Å²) in [7, 11) is 0. The standard InChI is InChI=1S/C43H32ClN/c1-4-5-15-31-26(2)45-39-18-10-9-16-33(39)36-23-28(32-17-11-12-27-19-20-30(44)25-35(27)32)24-38-40(36)41-37(22-21-34(31)42(41)45)43(38,3)29-13-7-6-8-14-29/h4-26H,1-3H3/b5-4-,31-15+. The van der Waals surface area contributed by atoms with Crippen LogP contribution in [0.3, 0.4) is 0 Å². The Morgan fingerprint density at radius 3 is 2.36 bits per heavy atom. The van der Waals surface area contributed by atoms with E-state index in [1.807, 2.05) is 6.07 Å². The molecule has 6 aromatic carbocycles. The summed E-state index contributed by atoms with van der Waals surface area (Å²) in [6.07, 6.45) is 6.61. The van der Waals surface area contributed by atoms with Crippen LogP contribution in [0.25, 0.3) is 49.7 Å². The predicted octanol–water partition coefficient (Wildman–Crippen LogP) is 12.0. The highest BCUT2D eigenvalue weighted by atomic mass is 35.5. The van der Waals surface area contributed by atoms with E-state index < -0.39 is 0 Å². The Morgan fingerprint density at radius 2 is 1.51 bits per heavy atom. The van der Waals surface area contributed by atoms with Crippen LogP contribution in [0.1, 0.15) is 43.0 Å². The highest BCUT2D eigenvalue weighted by molar-refractivity contribution is 6.31. The molecule has 0 aromatic heterocycles. The van der Waals surface area contributed by atoms with Gasteiger partial charge in [0.05, 0.1) is 11.7 Å². The molecule has 1 nitrogen and oxygen atoms in total. The first-order chi connectivity index (χ1) is 22.0. The van der Waals surface area contributed by atoms with Crippen LogP contribution in [-0.4, -0.2) is 6.04 Å². The molecule has 0 N–H and O–H groups in total. The van der Waals surface area contributed by atoms with Gasteiger partial charge in [-0.3, -0.25) is 0 Å². The predicted molar refractivity (Wildman–Crippen MR) is 192 cm³/mol. The molecule has 2 atom stereocenters. The van der Waals surface area contributed by atoms with Gasteiger partial charge in [-0.1, -0.05) is 115 Å². The van der Waals surface area contributed by atoms with Crippen LogP contribution in [0.5, 0.6) is 0 Å². The van der Waals surface area contributed by atoms with Gasteiger partial charge in [-0.2, -0.15) is 0 Å². The summed E-state index contributed by atoms with van der Waals surface area (Å²) in [5.41, 5.74) is 16.8.